The van der Waals surface area contributed by atoms with Crippen LogP contribution in [0.15, 0.2) is 36.7 Å². The number of hydrogen-bond acceptors (Lipinski definition) is 4. The zero-order valence-corrected chi connectivity index (χ0v) is 13.1. The largest absolute Gasteiger partial charge is 0.484 e. The van der Waals surface area contributed by atoms with Gasteiger partial charge in [0.1, 0.15) is 11.6 Å². The lowest BCUT2D eigenvalue weighted by atomic mass is 9.99. The number of carbonyl (C=O) groups excluding carboxylic acids is 1. The number of hydrogen-bond donors (Lipinski definition) is 2. The van der Waals surface area contributed by atoms with Crippen molar-refractivity contribution in [1.29, 1.82) is 0 Å². The Labute approximate surface area is 135 Å². The van der Waals surface area contributed by atoms with Gasteiger partial charge in [-0.1, -0.05) is 12.1 Å². The Morgan fingerprint density at radius 2 is 2.22 bits per heavy atom. The number of aryl methyl sites for hydroxylation is 1. The van der Waals surface area contributed by atoms with Gasteiger partial charge in [0.2, 0.25) is 0 Å². The molecule has 0 bridgehead atoms. The second-order valence-corrected chi connectivity index (χ2v) is 5.85. The van der Waals surface area contributed by atoms with Gasteiger partial charge in [0.05, 0.1) is 0 Å². The molecule has 0 radical (unpaired) electrons. The first kappa shape index (κ1) is 15.6. The summed E-state index contributed by atoms with van der Waals surface area (Å²) < 4.78 is 7.50. The molecule has 122 valence electrons. The highest BCUT2D eigenvalue weighted by Gasteiger charge is 2.20. The van der Waals surface area contributed by atoms with E-state index in [1.54, 1.807) is 0 Å². The zero-order valence-electron chi connectivity index (χ0n) is 13.1. The van der Waals surface area contributed by atoms with Crippen LogP contribution in [0.5, 0.6) is 5.75 Å². The van der Waals surface area contributed by atoms with E-state index in [4.69, 9.17) is 10.5 Å². The molecule has 23 heavy (non-hydrogen) atoms. The van der Waals surface area contributed by atoms with Crippen molar-refractivity contribution >= 4 is 5.91 Å². The van der Waals surface area contributed by atoms with E-state index in [9.17, 15) is 4.79 Å². The minimum atomic E-state index is -0.471. The summed E-state index contributed by atoms with van der Waals surface area (Å²) in [6, 6.07) is 7.69. The summed E-state index contributed by atoms with van der Waals surface area (Å²) in [7, 11) is 0. The minimum absolute atomic E-state index is 0.0913. The number of carbonyl (C=O) groups is 1. The quantitative estimate of drug-likeness (QED) is 0.809. The Morgan fingerprint density at radius 3 is 3.00 bits per heavy atom. The monoisotopic (exact) mass is 314 g/mol. The summed E-state index contributed by atoms with van der Waals surface area (Å²) in [5, 5.41) is 3.50. The number of amides is 1. The molecule has 6 nitrogen and oxygen atoms in total. The second-order valence-electron chi connectivity index (χ2n) is 5.85. The van der Waals surface area contributed by atoms with E-state index in [1.165, 1.54) is 24.2 Å². The van der Waals surface area contributed by atoms with Crippen LogP contribution in [0.2, 0.25) is 0 Å². The van der Waals surface area contributed by atoms with Crippen LogP contribution < -0.4 is 15.8 Å². The van der Waals surface area contributed by atoms with Crippen LogP contribution in [-0.2, 0) is 17.9 Å². The lowest BCUT2D eigenvalue weighted by molar-refractivity contribution is -0.119. The molecule has 1 aromatic carbocycles. The van der Waals surface area contributed by atoms with Gasteiger partial charge in [0.25, 0.3) is 5.91 Å². The molecule has 0 aliphatic carbocycles. The average molecular weight is 314 g/mol. The number of benzene rings is 1. The fourth-order valence-corrected chi connectivity index (χ4v) is 2.95. The first-order valence-electron chi connectivity index (χ1n) is 7.94. The smallest absolute Gasteiger partial charge is 0.255 e. The normalized spacial score (nSPS) is 16.8. The Kier molecular flexibility index (Phi) is 4.92. The van der Waals surface area contributed by atoms with Crippen molar-refractivity contribution in [2.45, 2.75) is 31.8 Å². The van der Waals surface area contributed by atoms with Crippen molar-refractivity contribution in [3.63, 3.8) is 0 Å². The lowest BCUT2D eigenvalue weighted by Crippen LogP contribution is -2.26. The Hall–Kier alpha value is -2.34. The number of fused-ring (bicyclic) bond motifs is 1. The molecule has 3 N–H and O–H groups in total. The molecule has 1 aliphatic rings. The topological polar surface area (TPSA) is 82.2 Å². The number of rotatable bonds is 7. The van der Waals surface area contributed by atoms with Gasteiger partial charge >= 0.3 is 0 Å². The molecular formula is C17H22N4O2. The summed E-state index contributed by atoms with van der Waals surface area (Å²) >= 11 is 0. The molecular weight excluding hydrogens is 292 g/mol. The molecule has 3 rings (SSSR count). The molecule has 0 spiro atoms. The summed E-state index contributed by atoms with van der Waals surface area (Å²) in [4.78, 5) is 15.2. The van der Waals surface area contributed by atoms with Gasteiger partial charge in [-0.25, -0.2) is 4.98 Å². The SMILES string of the molecule is NC(=O)COc1ccc(CNC[C@@H]2CCCn3ccnc32)cc1. The highest BCUT2D eigenvalue weighted by molar-refractivity contribution is 5.75. The maximum atomic E-state index is 10.7. The van der Waals surface area contributed by atoms with Crippen LogP contribution in [0.3, 0.4) is 0 Å². The second kappa shape index (κ2) is 7.28. The molecule has 2 aromatic rings. The van der Waals surface area contributed by atoms with Crippen LogP contribution >= 0.6 is 0 Å². The number of primary amides is 1. The molecule has 1 aliphatic heterocycles. The van der Waals surface area contributed by atoms with E-state index >= 15 is 0 Å². The van der Waals surface area contributed by atoms with Crippen molar-refractivity contribution in [2.75, 3.05) is 13.2 Å². The third kappa shape index (κ3) is 4.10. The van der Waals surface area contributed by atoms with Gasteiger partial charge in [-0.05, 0) is 30.5 Å². The van der Waals surface area contributed by atoms with Gasteiger partial charge in [-0.2, -0.15) is 0 Å². The number of nitrogens with one attached hydrogen (secondary N) is 1. The van der Waals surface area contributed by atoms with Crippen LogP contribution in [-0.4, -0.2) is 28.6 Å². The Morgan fingerprint density at radius 1 is 1.39 bits per heavy atom. The molecule has 1 atom stereocenters. The third-order valence-corrected chi connectivity index (χ3v) is 4.09. The fraction of sp³-hybridized carbons (Fsp3) is 0.412. The Balaban J connectivity index is 1.47. The first-order chi connectivity index (χ1) is 11.2. The van der Waals surface area contributed by atoms with Crippen LogP contribution in [0.4, 0.5) is 0 Å². The number of imidazole rings is 1. The molecule has 1 aromatic heterocycles. The maximum Gasteiger partial charge on any atom is 0.255 e. The van der Waals surface area contributed by atoms with Gasteiger partial charge < -0.3 is 20.4 Å². The van der Waals surface area contributed by atoms with Crippen molar-refractivity contribution in [3.8, 4) is 5.75 Å². The van der Waals surface area contributed by atoms with E-state index in [0.29, 0.717) is 11.7 Å². The molecule has 0 saturated heterocycles. The summed E-state index contributed by atoms with van der Waals surface area (Å²) in [6.45, 7) is 2.72. The molecule has 0 saturated carbocycles. The van der Waals surface area contributed by atoms with E-state index < -0.39 is 5.91 Å². The van der Waals surface area contributed by atoms with Crippen molar-refractivity contribution in [1.82, 2.24) is 14.9 Å². The Bertz CT molecular complexity index is 651. The number of aromatic nitrogens is 2. The van der Waals surface area contributed by atoms with Gasteiger partial charge in [0, 0.05) is 37.9 Å². The maximum absolute atomic E-state index is 10.7. The van der Waals surface area contributed by atoms with Crippen LogP contribution in [0.25, 0.3) is 0 Å². The predicted octanol–water partition coefficient (Wildman–Crippen LogP) is 1.41. The zero-order chi connectivity index (χ0) is 16.1. The first-order valence-corrected chi connectivity index (χ1v) is 7.94. The number of nitrogens with zero attached hydrogens (tertiary/aromatic N) is 2. The molecule has 1 amide bonds. The molecule has 0 unspecified atom stereocenters. The predicted molar refractivity (Wildman–Crippen MR) is 87.0 cm³/mol. The van der Waals surface area contributed by atoms with E-state index in [2.05, 4.69) is 21.1 Å². The number of ether oxygens (including phenoxy) is 1. The van der Waals surface area contributed by atoms with E-state index in [-0.39, 0.29) is 6.61 Å². The summed E-state index contributed by atoms with van der Waals surface area (Å²) in [5.74, 6) is 1.86. The highest BCUT2D eigenvalue weighted by Crippen LogP contribution is 2.24. The van der Waals surface area contributed by atoms with Gasteiger partial charge in [-0.3, -0.25) is 4.79 Å². The van der Waals surface area contributed by atoms with E-state index in [1.807, 2.05) is 30.5 Å². The van der Waals surface area contributed by atoms with Gasteiger partial charge in [0.15, 0.2) is 6.61 Å². The molecule has 6 heteroatoms. The van der Waals surface area contributed by atoms with Crippen LogP contribution in [0.1, 0.15) is 30.1 Å². The molecule has 0 fully saturated rings. The summed E-state index contributed by atoms with van der Waals surface area (Å²) in [6.07, 6.45) is 6.34. The summed E-state index contributed by atoms with van der Waals surface area (Å²) in [5.41, 5.74) is 6.23. The minimum Gasteiger partial charge on any atom is -0.484 e. The molecule has 2 heterocycles. The van der Waals surface area contributed by atoms with Crippen molar-refractivity contribution in [3.05, 3.63) is 48.0 Å². The van der Waals surface area contributed by atoms with E-state index in [0.717, 1.165) is 19.6 Å². The number of nitrogens with two attached hydrogens (primary N) is 1. The van der Waals surface area contributed by atoms with Crippen molar-refractivity contribution in [2.24, 2.45) is 5.73 Å². The standard InChI is InChI=1S/C17H22N4O2/c18-16(22)12-23-15-5-3-13(4-6-15)10-19-11-14-2-1-8-21-9-7-20-17(14)21/h3-7,9,14,19H,1-2,8,10-12H2,(H2,18,22)/t14-/m0/s1. The van der Waals surface area contributed by atoms with Gasteiger partial charge in [-0.15, -0.1) is 0 Å². The lowest BCUT2D eigenvalue weighted by Gasteiger charge is -2.23. The fourth-order valence-electron chi connectivity index (χ4n) is 2.95. The average Bonchev–Trinajstić information content (AvgIpc) is 3.03. The van der Waals surface area contributed by atoms with Crippen molar-refractivity contribution < 1.29 is 9.53 Å². The van der Waals surface area contributed by atoms with Crippen LogP contribution in [0, 0.1) is 0 Å². The highest BCUT2D eigenvalue weighted by atomic mass is 16.5. The third-order valence-electron chi connectivity index (χ3n) is 4.09.